The zero-order valence-electron chi connectivity index (χ0n) is 17.4. The van der Waals surface area contributed by atoms with Crippen molar-refractivity contribution in [3.63, 3.8) is 0 Å². The van der Waals surface area contributed by atoms with Crippen molar-refractivity contribution in [2.75, 3.05) is 5.32 Å². The largest absolute Gasteiger partial charge is 0.365 e. The molecule has 7 heteroatoms. The predicted molar refractivity (Wildman–Crippen MR) is 123 cm³/mol. The van der Waals surface area contributed by atoms with Gasteiger partial charge in [-0.15, -0.1) is 11.3 Å². The highest BCUT2D eigenvalue weighted by atomic mass is 32.1. The Morgan fingerprint density at radius 2 is 1.84 bits per heavy atom. The minimum atomic E-state index is -0.324. The summed E-state index contributed by atoms with van der Waals surface area (Å²) in [6.07, 6.45) is 0.972. The van der Waals surface area contributed by atoms with Gasteiger partial charge in [0, 0.05) is 29.1 Å². The lowest BCUT2D eigenvalue weighted by atomic mass is 10.1. The van der Waals surface area contributed by atoms with E-state index < -0.39 is 0 Å². The lowest BCUT2D eigenvalue weighted by molar-refractivity contribution is 0.0950. The number of rotatable bonds is 7. The number of aromatic nitrogens is 2. The van der Waals surface area contributed by atoms with Crippen molar-refractivity contribution in [3.8, 4) is 0 Å². The van der Waals surface area contributed by atoms with Gasteiger partial charge in [-0.05, 0) is 43.2 Å². The lowest BCUT2D eigenvalue weighted by Gasteiger charge is -2.09. The van der Waals surface area contributed by atoms with Crippen LogP contribution in [-0.2, 0) is 19.5 Å². The number of anilines is 1. The van der Waals surface area contributed by atoms with Gasteiger partial charge in [0.25, 0.3) is 5.91 Å². The molecule has 158 valence electrons. The zero-order chi connectivity index (χ0) is 21.8. The van der Waals surface area contributed by atoms with Crippen LogP contribution in [0.15, 0.2) is 54.6 Å². The van der Waals surface area contributed by atoms with E-state index in [-0.39, 0.29) is 18.3 Å². The minimum Gasteiger partial charge on any atom is -0.365 e. The number of aryl methyl sites for hydroxylation is 2. The average molecular weight is 435 g/mol. The first-order chi connectivity index (χ1) is 15.0. The molecule has 2 heterocycles. The van der Waals surface area contributed by atoms with Crippen molar-refractivity contribution in [1.82, 2.24) is 15.3 Å². The standard InChI is InChI=1S/C24H23FN4OS/c1-3-19-12-20-22(28-15(2)29-24(20)31-19)26-13-16-8-10-17(11-9-16)23(30)27-14-18-6-4-5-7-21(18)25/h4-12H,3,13-14H2,1-2H3,(H,27,30)(H,26,28,29). The second-order valence-electron chi connectivity index (χ2n) is 7.23. The number of thiophene rings is 1. The van der Waals surface area contributed by atoms with Crippen LogP contribution in [-0.4, -0.2) is 15.9 Å². The van der Waals surface area contributed by atoms with Gasteiger partial charge in [-0.3, -0.25) is 4.79 Å². The smallest absolute Gasteiger partial charge is 0.251 e. The Morgan fingerprint density at radius 1 is 1.06 bits per heavy atom. The summed E-state index contributed by atoms with van der Waals surface area (Å²) in [6, 6.07) is 15.9. The number of nitrogens with zero attached hydrogens (tertiary/aromatic N) is 2. The Morgan fingerprint density at radius 3 is 2.58 bits per heavy atom. The summed E-state index contributed by atoms with van der Waals surface area (Å²) in [5, 5.41) is 7.19. The molecule has 0 unspecified atom stereocenters. The molecule has 2 aromatic carbocycles. The summed E-state index contributed by atoms with van der Waals surface area (Å²) in [4.78, 5) is 23.7. The summed E-state index contributed by atoms with van der Waals surface area (Å²) in [5.74, 6) is 1.00. The van der Waals surface area contributed by atoms with Crippen molar-refractivity contribution in [3.05, 3.63) is 87.8 Å². The number of amides is 1. The summed E-state index contributed by atoms with van der Waals surface area (Å²) in [7, 11) is 0. The normalized spacial score (nSPS) is 10.9. The van der Waals surface area contributed by atoms with E-state index in [0.29, 0.717) is 17.7 Å². The van der Waals surface area contributed by atoms with E-state index in [9.17, 15) is 9.18 Å². The van der Waals surface area contributed by atoms with Crippen molar-refractivity contribution in [2.45, 2.75) is 33.4 Å². The number of carbonyl (C=O) groups excluding carboxylic acids is 1. The number of hydrogen-bond acceptors (Lipinski definition) is 5. The summed E-state index contributed by atoms with van der Waals surface area (Å²) in [5.41, 5.74) is 2.02. The Hall–Kier alpha value is -3.32. The van der Waals surface area contributed by atoms with Gasteiger partial charge >= 0.3 is 0 Å². The van der Waals surface area contributed by atoms with Gasteiger partial charge < -0.3 is 10.6 Å². The van der Waals surface area contributed by atoms with Crippen molar-refractivity contribution in [1.29, 1.82) is 0 Å². The third-order valence-electron chi connectivity index (χ3n) is 4.98. The van der Waals surface area contributed by atoms with Gasteiger partial charge in [0.1, 0.15) is 22.3 Å². The molecular weight excluding hydrogens is 411 g/mol. The third kappa shape index (κ3) is 4.88. The number of hydrogen-bond donors (Lipinski definition) is 2. The van der Waals surface area contributed by atoms with Crippen molar-refractivity contribution < 1.29 is 9.18 Å². The highest BCUT2D eigenvalue weighted by Crippen LogP contribution is 2.29. The van der Waals surface area contributed by atoms with E-state index in [1.807, 2.05) is 19.1 Å². The molecule has 4 aromatic rings. The molecule has 0 fully saturated rings. The number of nitrogens with one attached hydrogen (secondary N) is 2. The summed E-state index contributed by atoms with van der Waals surface area (Å²) in [6.45, 7) is 4.76. The molecular formula is C24H23FN4OS. The molecule has 2 N–H and O–H groups in total. The predicted octanol–water partition coefficient (Wildman–Crippen LogP) is 5.24. The molecule has 5 nitrogen and oxygen atoms in total. The van der Waals surface area contributed by atoms with Gasteiger partial charge in [0.05, 0.1) is 5.39 Å². The Labute approximate surface area is 184 Å². The Balaban J connectivity index is 1.40. The number of benzene rings is 2. The molecule has 0 radical (unpaired) electrons. The van der Waals surface area contributed by atoms with Gasteiger partial charge in [-0.1, -0.05) is 37.3 Å². The SMILES string of the molecule is CCc1cc2c(NCc3ccc(C(=O)NCc4ccccc4F)cc3)nc(C)nc2s1. The van der Waals surface area contributed by atoms with Crippen molar-refractivity contribution in [2.24, 2.45) is 0 Å². The van der Waals surface area contributed by atoms with Crippen LogP contribution in [0, 0.1) is 12.7 Å². The molecule has 0 aliphatic heterocycles. The molecule has 0 aliphatic rings. The average Bonchev–Trinajstić information content (AvgIpc) is 3.20. The molecule has 0 saturated carbocycles. The molecule has 31 heavy (non-hydrogen) atoms. The molecule has 0 atom stereocenters. The molecule has 1 amide bonds. The van der Waals surface area contributed by atoms with E-state index in [4.69, 9.17) is 0 Å². The Kier molecular flexibility index (Phi) is 6.23. The minimum absolute atomic E-state index is 0.151. The van der Waals surface area contributed by atoms with E-state index in [2.05, 4.69) is 33.6 Å². The van der Waals surface area contributed by atoms with Crippen LogP contribution >= 0.6 is 11.3 Å². The zero-order valence-corrected chi connectivity index (χ0v) is 18.2. The summed E-state index contributed by atoms with van der Waals surface area (Å²) >= 11 is 1.70. The maximum atomic E-state index is 13.7. The molecule has 0 saturated heterocycles. The van der Waals surface area contributed by atoms with Crippen LogP contribution in [0.2, 0.25) is 0 Å². The number of carbonyl (C=O) groups is 1. The molecule has 2 aromatic heterocycles. The van der Waals surface area contributed by atoms with E-state index >= 15 is 0 Å². The third-order valence-corrected chi connectivity index (χ3v) is 6.15. The number of halogens is 1. The molecule has 0 aliphatic carbocycles. The monoisotopic (exact) mass is 434 g/mol. The molecule has 0 bridgehead atoms. The van der Waals surface area contributed by atoms with Crippen LogP contribution in [0.1, 0.15) is 39.1 Å². The fourth-order valence-electron chi connectivity index (χ4n) is 3.27. The highest BCUT2D eigenvalue weighted by Gasteiger charge is 2.11. The maximum Gasteiger partial charge on any atom is 0.251 e. The molecule has 4 rings (SSSR count). The Bertz CT molecular complexity index is 1220. The van der Waals surface area contributed by atoms with Crippen LogP contribution in [0.4, 0.5) is 10.2 Å². The van der Waals surface area contributed by atoms with Crippen LogP contribution in [0.3, 0.4) is 0 Å². The first-order valence-electron chi connectivity index (χ1n) is 10.1. The van der Waals surface area contributed by atoms with Crippen molar-refractivity contribution >= 4 is 33.3 Å². The quantitative estimate of drug-likeness (QED) is 0.417. The van der Waals surface area contributed by atoms with Gasteiger partial charge in [0.15, 0.2) is 0 Å². The van der Waals surface area contributed by atoms with E-state index in [1.165, 1.54) is 10.9 Å². The van der Waals surface area contributed by atoms with Gasteiger partial charge in [-0.25, -0.2) is 14.4 Å². The second-order valence-corrected chi connectivity index (χ2v) is 8.34. The maximum absolute atomic E-state index is 13.7. The lowest BCUT2D eigenvalue weighted by Crippen LogP contribution is -2.23. The first kappa shape index (κ1) is 20.9. The fourth-order valence-corrected chi connectivity index (χ4v) is 4.28. The topological polar surface area (TPSA) is 66.9 Å². The van der Waals surface area contributed by atoms with E-state index in [1.54, 1.807) is 41.7 Å². The van der Waals surface area contributed by atoms with Crippen LogP contribution < -0.4 is 10.6 Å². The second kappa shape index (κ2) is 9.22. The van der Waals surface area contributed by atoms with Crippen LogP contribution in [0.5, 0.6) is 0 Å². The fraction of sp³-hybridized carbons (Fsp3) is 0.208. The van der Waals surface area contributed by atoms with Gasteiger partial charge in [0.2, 0.25) is 0 Å². The highest BCUT2D eigenvalue weighted by molar-refractivity contribution is 7.18. The van der Waals surface area contributed by atoms with Crippen LogP contribution in [0.25, 0.3) is 10.2 Å². The number of fused-ring (bicyclic) bond motifs is 1. The van der Waals surface area contributed by atoms with Gasteiger partial charge in [-0.2, -0.15) is 0 Å². The van der Waals surface area contributed by atoms with E-state index in [0.717, 1.165) is 33.8 Å². The summed E-state index contributed by atoms with van der Waals surface area (Å²) < 4.78 is 13.7. The first-order valence-corrected chi connectivity index (χ1v) is 11.0. The molecule has 0 spiro atoms.